The highest BCUT2D eigenvalue weighted by molar-refractivity contribution is 5.69. The minimum atomic E-state index is 0.607. The van der Waals surface area contributed by atoms with E-state index in [1.54, 1.807) is 6.20 Å². The van der Waals surface area contributed by atoms with E-state index in [9.17, 15) is 0 Å². The predicted molar refractivity (Wildman–Crippen MR) is 97.2 cm³/mol. The van der Waals surface area contributed by atoms with Crippen molar-refractivity contribution >= 4 is 5.69 Å². The number of hydrogen-bond donors (Lipinski definition) is 3. The van der Waals surface area contributed by atoms with E-state index in [4.69, 9.17) is 4.74 Å². The quantitative estimate of drug-likeness (QED) is 0.557. The van der Waals surface area contributed by atoms with Crippen LogP contribution in [0.1, 0.15) is 5.56 Å². The van der Waals surface area contributed by atoms with Crippen molar-refractivity contribution in [2.24, 2.45) is 0 Å². The highest BCUT2D eigenvalue weighted by Gasteiger charge is 2.06. The number of H-pyrrole nitrogens is 1. The summed E-state index contributed by atoms with van der Waals surface area (Å²) in [5, 5.41) is 13.4. The number of rotatable bonds is 8. The number of anilines is 1. The minimum absolute atomic E-state index is 0.607. The van der Waals surface area contributed by atoms with Crippen LogP contribution in [0.5, 0.6) is 5.75 Å². The molecule has 0 saturated heterocycles. The Morgan fingerprint density at radius 2 is 1.96 bits per heavy atom. The first-order valence-electron chi connectivity index (χ1n) is 8.05. The summed E-state index contributed by atoms with van der Waals surface area (Å²) in [6, 6.07) is 16.5. The van der Waals surface area contributed by atoms with Crippen LogP contribution in [0.25, 0.3) is 11.1 Å². The molecule has 24 heavy (non-hydrogen) atoms. The Bertz CT molecular complexity index is 741. The molecule has 0 bridgehead atoms. The molecule has 3 N–H and O–H groups in total. The van der Waals surface area contributed by atoms with E-state index in [2.05, 4.69) is 39.0 Å². The maximum Gasteiger partial charge on any atom is 0.143 e. The average Bonchev–Trinajstić information content (AvgIpc) is 3.17. The lowest BCUT2D eigenvalue weighted by molar-refractivity contribution is 0.315. The van der Waals surface area contributed by atoms with E-state index in [1.807, 2.05) is 43.6 Å². The van der Waals surface area contributed by atoms with E-state index in [0.717, 1.165) is 35.7 Å². The number of aromatic amines is 1. The molecule has 0 spiro atoms. The lowest BCUT2D eigenvalue weighted by Gasteiger charge is -2.13. The van der Waals surface area contributed by atoms with E-state index in [1.165, 1.54) is 5.56 Å². The van der Waals surface area contributed by atoms with Crippen molar-refractivity contribution in [1.82, 2.24) is 15.5 Å². The molecule has 1 aromatic heterocycles. The zero-order valence-electron chi connectivity index (χ0n) is 13.8. The summed E-state index contributed by atoms with van der Waals surface area (Å²) in [4.78, 5) is 0. The molecule has 0 aliphatic heterocycles. The van der Waals surface area contributed by atoms with Gasteiger partial charge in [0.05, 0.1) is 11.9 Å². The molecule has 0 amide bonds. The van der Waals surface area contributed by atoms with Crippen molar-refractivity contribution in [2.45, 2.75) is 6.54 Å². The average molecular weight is 322 g/mol. The Hall–Kier alpha value is -2.79. The van der Waals surface area contributed by atoms with Gasteiger partial charge in [-0.3, -0.25) is 5.10 Å². The molecule has 124 valence electrons. The van der Waals surface area contributed by atoms with Gasteiger partial charge in [0, 0.05) is 31.9 Å². The summed E-state index contributed by atoms with van der Waals surface area (Å²) in [5.41, 5.74) is 4.38. The van der Waals surface area contributed by atoms with Crippen LogP contribution in [0.2, 0.25) is 0 Å². The second-order valence-electron chi connectivity index (χ2n) is 5.46. The molecule has 5 nitrogen and oxygen atoms in total. The molecule has 0 unspecified atom stereocenters. The van der Waals surface area contributed by atoms with Gasteiger partial charge in [-0.25, -0.2) is 0 Å². The van der Waals surface area contributed by atoms with Crippen LogP contribution in [-0.2, 0) is 6.54 Å². The van der Waals surface area contributed by atoms with Gasteiger partial charge in [-0.1, -0.05) is 36.4 Å². The predicted octanol–water partition coefficient (Wildman–Crippen LogP) is 3.29. The van der Waals surface area contributed by atoms with Gasteiger partial charge < -0.3 is 15.4 Å². The molecule has 3 aromatic rings. The third kappa shape index (κ3) is 4.14. The van der Waals surface area contributed by atoms with Crippen LogP contribution in [0, 0.1) is 0 Å². The lowest BCUT2D eigenvalue weighted by atomic mass is 10.1. The molecule has 5 heteroatoms. The maximum absolute atomic E-state index is 5.95. The van der Waals surface area contributed by atoms with Gasteiger partial charge in [-0.05, 0) is 23.3 Å². The zero-order chi connectivity index (χ0) is 16.6. The second-order valence-corrected chi connectivity index (χ2v) is 5.46. The number of nitrogens with one attached hydrogen (secondary N) is 3. The van der Waals surface area contributed by atoms with E-state index in [0.29, 0.717) is 6.61 Å². The summed E-state index contributed by atoms with van der Waals surface area (Å²) in [6.07, 6.45) is 3.68. The van der Waals surface area contributed by atoms with E-state index >= 15 is 0 Å². The van der Waals surface area contributed by atoms with Crippen LogP contribution < -0.4 is 15.4 Å². The molecule has 0 fully saturated rings. The van der Waals surface area contributed by atoms with Crippen LogP contribution in [0.3, 0.4) is 0 Å². The maximum atomic E-state index is 5.95. The molecule has 0 aliphatic carbocycles. The Morgan fingerprint density at radius 1 is 1.08 bits per heavy atom. The van der Waals surface area contributed by atoms with Gasteiger partial charge in [-0.2, -0.15) is 5.10 Å². The number of ether oxygens (including phenoxy) is 1. The smallest absolute Gasteiger partial charge is 0.143 e. The fourth-order valence-corrected chi connectivity index (χ4v) is 2.50. The van der Waals surface area contributed by atoms with Crippen molar-refractivity contribution in [3.05, 3.63) is 66.5 Å². The summed E-state index contributed by atoms with van der Waals surface area (Å²) in [5.74, 6) is 0.845. The van der Waals surface area contributed by atoms with Gasteiger partial charge in [0.1, 0.15) is 12.4 Å². The Labute approximate surface area is 142 Å². The Kier molecular flexibility index (Phi) is 5.48. The zero-order valence-corrected chi connectivity index (χ0v) is 13.8. The second kappa shape index (κ2) is 8.17. The largest absolute Gasteiger partial charge is 0.490 e. The Balaban J connectivity index is 1.55. The highest BCUT2D eigenvalue weighted by Crippen LogP contribution is 2.30. The van der Waals surface area contributed by atoms with Gasteiger partial charge >= 0.3 is 0 Å². The summed E-state index contributed by atoms with van der Waals surface area (Å²) in [6.45, 7) is 2.24. The molecule has 1 heterocycles. The third-order valence-corrected chi connectivity index (χ3v) is 3.79. The number of nitrogens with zero attached hydrogens (tertiary/aromatic N) is 1. The van der Waals surface area contributed by atoms with Crippen molar-refractivity contribution < 1.29 is 4.74 Å². The van der Waals surface area contributed by atoms with E-state index in [-0.39, 0.29) is 0 Å². The van der Waals surface area contributed by atoms with Crippen LogP contribution in [0.15, 0.2) is 60.9 Å². The van der Waals surface area contributed by atoms with Crippen molar-refractivity contribution in [2.75, 3.05) is 25.5 Å². The molecular formula is C19H22N4O. The van der Waals surface area contributed by atoms with Crippen LogP contribution >= 0.6 is 0 Å². The minimum Gasteiger partial charge on any atom is -0.490 e. The highest BCUT2D eigenvalue weighted by atomic mass is 16.5. The number of aromatic nitrogens is 2. The van der Waals surface area contributed by atoms with Crippen molar-refractivity contribution in [3.63, 3.8) is 0 Å². The first kappa shape index (κ1) is 16.1. The molecule has 0 saturated carbocycles. The number of benzene rings is 2. The molecule has 0 radical (unpaired) electrons. The summed E-state index contributed by atoms with van der Waals surface area (Å²) < 4.78 is 5.95. The summed E-state index contributed by atoms with van der Waals surface area (Å²) in [7, 11) is 1.90. The van der Waals surface area contributed by atoms with Gasteiger partial charge in [0.2, 0.25) is 0 Å². The summed E-state index contributed by atoms with van der Waals surface area (Å²) >= 11 is 0. The molecular weight excluding hydrogens is 300 g/mol. The first-order chi connectivity index (χ1) is 11.9. The van der Waals surface area contributed by atoms with Crippen molar-refractivity contribution in [3.8, 4) is 16.9 Å². The monoisotopic (exact) mass is 322 g/mol. The molecule has 3 rings (SSSR count). The SMILES string of the molecule is CNc1ccc(-c2cn[nH]c2)cc1OCCNCc1ccccc1. The fourth-order valence-electron chi connectivity index (χ4n) is 2.50. The van der Waals surface area contributed by atoms with Gasteiger partial charge in [0.25, 0.3) is 0 Å². The lowest BCUT2D eigenvalue weighted by Crippen LogP contribution is -2.20. The third-order valence-electron chi connectivity index (χ3n) is 3.79. The fraction of sp³-hybridized carbons (Fsp3) is 0.211. The molecule has 0 aliphatic rings. The standard InChI is InChI=1S/C19H22N4O/c1-20-18-8-7-16(17-13-22-23-14-17)11-19(18)24-10-9-21-12-15-5-3-2-4-6-15/h2-8,11,13-14,20-21H,9-10,12H2,1H3,(H,22,23). The van der Waals surface area contributed by atoms with Crippen molar-refractivity contribution in [1.29, 1.82) is 0 Å². The Morgan fingerprint density at radius 3 is 2.71 bits per heavy atom. The van der Waals surface area contributed by atoms with E-state index < -0.39 is 0 Å². The normalized spacial score (nSPS) is 10.5. The van der Waals surface area contributed by atoms with Gasteiger partial charge in [-0.15, -0.1) is 0 Å². The first-order valence-corrected chi connectivity index (χ1v) is 8.05. The molecule has 0 atom stereocenters. The topological polar surface area (TPSA) is 62.0 Å². The molecule has 2 aromatic carbocycles. The number of hydrogen-bond acceptors (Lipinski definition) is 4. The van der Waals surface area contributed by atoms with Crippen LogP contribution in [0.4, 0.5) is 5.69 Å². The van der Waals surface area contributed by atoms with Gasteiger partial charge in [0.15, 0.2) is 0 Å². The van der Waals surface area contributed by atoms with Crippen LogP contribution in [-0.4, -0.2) is 30.4 Å².